The zero-order valence-corrected chi connectivity index (χ0v) is 42.6. The third-order valence-electron chi connectivity index (χ3n) is 10.2. The van der Waals surface area contributed by atoms with Crippen LogP contribution in [0.4, 0.5) is 5.82 Å². The number of fused-ring (bicyclic) bond motifs is 1. The van der Waals surface area contributed by atoms with Gasteiger partial charge >= 0.3 is 23.5 Å². The van der Waals surface area contributed by atoms with E-state index in [9.17, 15) is 57.9 Å². The number of imidazole rings is 1. The highest BCUT2D eigenvalue weighted by molar-refractivity contribution is 8.13. The largest absolute Gasteiger partial charge is 0.481 e. The van der Waals surface area contributed by atoms with E-state index in [1.807, 2.05) is 0 Å². The molecule has 3 unspecified atom stereocenters. The average molecular weight is 1060 g/mol. The number of carbonyl (C=O) groups excluding carboxylic acids is 3. The van der Waals surface area contributed by atoms with Crippen molar-refractivity contribution in [1.82, 2.24) is 48.6 Å². The molecule has 0 spiro atoms. The minimum Gasteiger partial charge on any atom is -0.386 e. The van der Waals surface area contributed by atoms with Gasteiger partial charge in [-0.1, -0.05) is 110 Å². The number of amides is 2. The maximum absolute atomic E-state index is 12.7. The Balaban J connectivity index is 0.0000150. The minimum atomic E-state index is -5.57. The van der Waals surface area contributed by atoms with Crippen LogP contribution in [-0.4, -0.2) is 123 Å². The second-order valence-corrected chi connectivity index (χ2v) is 21.7. The maximum atomic E-state index is 12.7. The van der Waals surface area contributed by atoms with Crippen molar-refractivity contribution in [3.8, 4) is 0 Å². The fraction of sp³-hybridized carbons (Fsp3) is 0.784. The van der Waals surface area contributed by atoms with Crippen molar-refractivity contribution >= 4 is 69.1 Å². The molecule has 0 radical (unpaired) electrons. The molecule has 1 fully saturated rings. The first kappa shape index (κ1) is 65.4. The van der Waals surface area contributed by atoms with Gasteiger partial charge in [0.25, 0.3) is 0 Å². The fourth-order valence-corrected chi connectivity index (χ4v) is 10.2. The van der Waals surface area contributed by atoms with Crippen LogP contribution in [0, 0.1) is 5.41 Å². The number of phosphoric acid groups is 3. The molecular weight excluding hydrogens is 981 g/mol. The number of nitrogens with two attached hydrogens (primary N) is 1. The van der Waals surface area contributed by atoms with E-state index in [1.54, 1.807) is 0 Å². The maximum Gasteiger partial charge on any atom is 0.481 e. The monoisotopic (exact) mass is 1060 g/mol. The van der Waals surface area contributed by atoms with Crippen LogP contribution in [0.25, 0.3) is 11.2 Å². The van der Waals surface area contributed by atoms with Gasteiger partial charge in [-0.05, 0) is 6.42 Å². The van der Waals surface area contributed by atoms with Crippen LogP contribution in [0.5, 0.6) is 0 Å². The van der Waals surface area contributed by atoms with Gasteiger partial charge in [-0.25, -0.2) is 28.6 Å². The Kier molecular flexibility index (Phi) is 30.5. The van der Waals surface area contributed by atoms with E-state index < -0.39 is 84.6 Å². The summed E-state index contributed by atoms with van der Waals surface area (Å²) in [4.78, 5) is 88.3. The first-order valence-electron chi connectivity index (χ1n) is 21.6. The Morgan fingerprint density at radius 2 is 1.43 bits per heavy atom. The molecule has 0 aliphatic carbocycles. The summed E-state index contributed by atoms with van der Waals surface area (Å²) in [5.41, 5.74) is 4.29. The molecule has 68 heavy (non-hydrogen) atoms. The van der Waals surface area contributed by atoms with E-state index >= 15 is 0 Å². The molecule has 396 valence electrons. The standard InChI is InChI=1S/C37H66N7O17P3S.3H3N/c1-4-5-6-7-8-9-10-11-12-13-14-15-16-17-28(46)65-21-20-39-27(45)18-19-40-35(49)32(48)37(2,3)23-58-64(55,56)61-63(53,54)57-22-26-31(60-62(50,51)52)30(47)36(59-26)44-25-43-29-33(38)41-24-42-34(29)44;;;/h24-26,30-32,36,47-48H,4-23H2,1-3H3,(H,39,45)(H,40,49)(H,53,54)(H,55,56)(H2,38,41,42)(H2,50,51,52);3*1H3/t26-,30+,31?,32+,36-;;;/m1.../s1. The van der Waals surface area contributed by atoms with Crippen molar-refractivity contribution in [1.29, 1.82) is 0 Å². The number of rotatable bonds is 33. The fourth-order valence-electron chi connectivity index (χ4n) is 6.65. The van der Waals surface area contributed by atoms with Gasteiger partial charge in [-0.15, -0.1) is 0 Å². The predicted octanol–water partition coefficient (Wildman–Crippen LogP) is 4.63. The number of hydrogen-bond donors (Lipinski definition) is 12. The molecule has 27 nitrogen and oxygen atoms in total. The summed E-state index contributed by atoms with van der Waals surface area (Å²) >= 11 is 1.15. The van der Waals surface area contributed by atoms with Crippen LogP contribution in [0.3, 0.4) is 0 Å². The van der Waals surface area contributed by atoms with E-state index in [2.05, 4.69) is 41.3 Å². The number of nitrogens with one attached hydrogen (secondary N) is 2. The van der Waals surface area contributed by atoms with Crippen LogP contribution in [0.2, 0.25) is 0 Å². The molecule has 19 N–H and O–H groups in total. The molecule has 1 aliphatic rings. The lowest BCUT2D eigenvalue weighted by Crippen LogP contribution is -2.46. The number of aliphatic hydroxyl groups is 2. The predicted molar refractivity (Wildman–Crippen MR) is 252 cm³/mol. The Morgan fingerprint density at radius 1 is 0.853 bits per heavy atom. The highest BCUT2D eigenvalue weighted by atomic mass is 32.2. The summed E-state index contributed by atoms with van der Waals surface area (Å²) in [7, 11) is -16.4. The van der Waals surface area contributed by atoms with Crippen molar-refractivity contribution in [3.63, 3.8) is 0 Å². The van der Waals surface area contributed by atoms with Crippen molar-refractivity contribution in [2.45, 2.75) is 148 Å². The number of phosphoric ester groups is 3. The molecular formula is C37H75N10O17P3S. The third kappa shape index (κ3) is 23.6. The van der Waals surface area contributed by atoms with Gasteiger partial charge in [0, 0.05) is 37.1 Å². The second kappa shape index (κ2) is 31.7. The smallest absolute Gasteiger partial charge is 0.386 e. The highest BCUT2D eigenvalue weighted by Gasteiger charge is 2.50. The van der Waals surface area contributed by atoms with E-state index in [0.717, 1.165) is 48.2 Å². The molecule has 1 saturated heterocycles. The zero-order chi connectivity index (χ0) is 48.3. The van der Waals surface area contributed by atoms with E-state index in [4.69, 9.17) is 19.5 Å². The van der Waals surface area contributed by atoms with E-state index in [0.29, 0.717) is 12.2 Å². The van der Waals surface area contributed by atoms with Gasteiger partial charge in [0.15, 0.2) is 22.8 Å². The molecule has 0 bridgehead atoms. The number of anilines is 1. The number of thioether (sulfide) groups is 1. The molecule has 0 aromatic carbocycles. The Hall–Kier alpha value is -2.56. The first-order chi connectivity index (χ1) is 30.6. The average Bonchev–Trinajstić information content (AvgIpc) is 3.79. The topological polar surface area (TPSA) is 469 Å². The van der Waals surface area contributed by atoms with Crippen LogP contribution >= 0.6 is 35.2 Å². The van der Waals surface area contributed by atoms with Crippen molar-refractivity contribution < 1.29 is 80.5 Å². The van der Waals surface area contributed by atoms with Gasteiger partial charge in [-0.2, -0.15) is 4.31 Å². The quantitative estimate of drug-likeness (QED) is 0.0342. The van der Waals surface area contributed by atoms with Crippen LogP contribution < -0.4 is 34.8 Å². The molecule has 31 heteroatoms. The van der Waals surface area contributed by atoms with Gasteiger partial charge in [0.1, 0.15) is 36.3 Å². The number of carbonyl (C=O) groups is 3. The third-order valence-corrected chi connectivity index (χ3v) is 14.3. The highest BCUT2D eigenvalue weighted by Crippen LogP contribution is 2.61. The molecule has 1 aliphatic heterocycles. The summed E-state index contributed by atoms with van der Waals surface area (Å²) in [6.45, 7) is 2.81. The Labute approximate surface area is 400 Å². The lowest BCUT2D eigenvalue weighted by Gasteiger charge is -2.30. The molecule has 3 heterocycles. The van der Waals surface area contributed by atoms with Crippen molar-refractivity contribution in [3.05, 3.63) is 12.7 Å². The van der Waals surface area contributed by atoms with Crippen LogP contribution in [0.15, 0.2) is 12.7 Å². The number of aromatic nitrogens is 4. The van der Waals surface area contributed by atoms with Gasteiger partial charge < -0.3 is 69.3 Å². The zero-order valence-electron chi connectivity index (χ0n) is 39.1. The number of nitrogen functional groups attached to an aromatic ring is 1. The SMILES string of the molecule is CCCCCCCCCCCCCCCC(=O)SCCNC(=O)CCNC(=O)[C@H](O)C(C)(C)COP(=O)(O)OP(=O)(O)OC[C@H]1O[C@@H](n2cnc3c(N)ncnc32)[C@@H](O)C1OP(=O)(O)O.N.N.N. The normalized spacial score (nSPS) is 19.4. The molecule has 0 saturated carbocycles. The van der Waals surface area contributed by atoms with Crippen molar-refractivity contribution in [2.24, 2.45) is 5.41 Å². The number of hydrogen-bond acceptors (Lipinski definition) is 21. The summed E-state index contributed by atoms with van der Waals surface area (Å²) in [6, 6.07) is 0. The van der Waals surface area contributed by atoms with Crippen LogP contribution in [-0.2, 0) is 50.7 Å². The number of aliphatic hydroxyl groups excluding tert-OH is 2. The Bertz CT molecular complexity index is 1970. The number of ether oxygens (including phenoxy) is 1. The molecule has 3 rings (SSSR count). The summed E-state index contributed by atoms with van der Waals surface area (Å²) < 4.78 is 62.4. The molecule has 2 aromatic heterocycles. The summed E-state index contributed by atoms with van der Waals surface area (Å²) in [5, 5.41) is 26.6. The van der Waals surface area contributed by atoms with Gasteiger partial charge in [0.05, 0.1) is 19.5 Å². The number of unbranched alkanes of at least 4 members (excludes halogenated alkanes) is 12. The molecule has 7 atom stereocenters. The first-order valence-corrected chi connectivity index (χ1v) is 27.1. The molecule has 2 aromatic rings. The summed E-state index contributed by atoms with van der Waals surface area (Å²) in [5.74, 6) is -1.02. The lowest BCUT2D eigenvalue weighted by atomic mass is 9.87. The van der Waals surface area contributed by atoms with E-state index in [1.165, 1.54) is 78.1 Å². The minimum absolute atomic E-state index is 0. The Morgan fingerprint density at radius 3 is 2.01 bits per heavy atom. The van der Waals surface area contributed by atoms with Gasteiger partial charge in [0.2, 0.25) is 11.8 Å². The van der Waals surface area contributed by atoms with Gasteiger partial charge in [-0.3, -0.25) is 32.5 Å². The van der Waals surface area contributed by atoms with Crippen molar-refractivity contribution in [2.75, 3.05) is 37.8 Å². The number of nitrogens with zero attached hydrogens (tertiary/aromatic N) is 4. The van der Waals surface area contributed by atoms with E-state index in [-0.39, 0.29) is 60.1 Å². The second-order valence-electron chi connectivity index (χ2n) is 16.3. The summed E-state index contributed by atoms with van der Waals surface area (Å²) in [6.07, 6.45) is 9.53. The van der Waals surface area contributed by atoms with Crippen LogP contribution in [0.1, 0.15) is 123 Å². The molecule has 2 amide bonds. The lowest BCUT2D eigenvalue weighted by molar-refractivity contribution is -0.137.